The standard InChI is InChI=1S/C10H10Br2FNO2/c1-10(2,12)9(16)14-7-4-5(11)3-6(13)8(7)15/h3-4,15H,1-2H3,(H,14,16). The van der Waals surface area contributed by atoms with Crippen molar-refractivity contribution in [3.05, 3.63) is 22.4 Å². The first-order valence-corrected chi connectivity index (χ1v) is 5.99. The predicted octanol–water partition coefficient (Wildman–Crippen LogP) is 3.41. The van der Waals surface area contributed by atoms with Crippen LogP contribution in [0.1, 0.15) is 13.8 Å². The second-order valence-corrected chi connectivity index (χ2v) is 6.61. The van der Waals surface area contributed by atoms with Crippen LogP contribution in [0.5, 0.6) is 5.75 Å². The van der Waals surface area contributed by atoms with Gasteiger partial charge in [-0.05, 0) is 26.0 Å². The van der Waals surface area contributed by atoms with E-state index in [1.165, 1.54) is 6.07 Å². The second-order valence-electron chi connectivity index (χ2n) is 3.71. The average molecular weight is 355 g/mol. The van der Waals surface area contributed by atoms with Crippen LogP contribution >= 0.6 is 31.9 Å². The molecule has 0 aromatic heterocycles. The molecule has 0 spiro atoms. The van der Waals surface area contributed by atoms with Gasteiger partial charge in [-0.1, -0.05) is 31.9 Å². The third kappa shape index (κ3) is 3.18. The van der Waals surface area contributed by atoms with Crippen LogP contribution in [0.25, 0.3) is 0 Å². The van der Waals surface area contributed by atoms with Crippen molar-refractivity contribution in [1.29, 1.82) is 0 Å². The van der Waals surface area contributed by atoms with Crippen molar-refractivity contribution < 1.29 is 14.3 Å². The Morgan fingerprint density at radius 3 is 2.56 bits per heavy atom. The molecule has 0 unspecified atom stereocenters. The minimum absolute atomic E-state index is 0.0319. The average Bonchev–Trinajstić information content (AvgIpc) is 2.11. The van der Waals surface area contributed by atoms with Gasteiger partial charge in [0.25, 0.3) is 0 Å². The molecule has 1 amide bonds. The van der Waals surface area contributed by atoms with Crippen LogP contribution in [0.2, 0.25) is 0 Å². The van der Waals surface area contributed by atoms with Gasteiger partial charge >= 0.3 is 0 Å². The van der Waals surface area contributed by atoms with Crippen LogP contribution < -0.4 is 5.32 Å². The number of nitrogens with one attached hydrogen (secondary N) is 1. The third-order valence-corrected chi connectivity index (χ3v) is 2.63. The summed E-state index contributed by atoms with van der Waals surface area (Å²) in [4.78, 5) is 11.6. The van der Waals surface area contributed by atoms with Crippen LogP contribution in [0.15, 0.2) is 16.6 Å². The molecule has 0 bridgehead atoms. The Morgan fingerprint density at radius 1 is 1.50 bits per heavy atom. The highest BCUT2D eigenvalue weighted by Crippen LogP contribution is 2.31. The Hall–Kier alpha value is -0.620. The molecule has 88 valence electrons. The monoisotopic (exact) mass is 353 g/mol. The Bertz CT molecular complexity index is 430. The number of amides is 1. The lowest BCUT2D eigenvalue weighted by Crippen LogP contribution is -2.31. The highest BCUT2D eigenvalue weighted by molar-refractivity contribution is 9.10. The van der Waals surface area contributed by atoms with E-state index in [1.54, 1.807) is 13.8 Å². The number of carbonyl (C=O) groups excluding carboxylic acids is 1. The van der Waals surface area contributed by atoms with Gasteiger partial charge in [-0.15, -0.1) is 0 Å². The molecule has 0 saturated carbocycles. The van der Waals surface area contributed by atoms with E-state index in [-0.39, 0.29) is 11.6 Å². The van der Waals surface area contributed by atoms with E-state index in [9.17, 15) is 14.3 Å². The molecule has 0 radical (unpaired) electrons. The maximum atomic E-state index is 13.1. The van der Waals surface area contributed by atoms with E-state index in [1.807, 2.05) is 0 Å². The van der Waals surface area contributed by atoms with E-state index in [0.717, 1.165) is 6.07 Å². The predicted molar refractivity (Wildman–Crippen MR) is 67.4 cm³/mol. The molecule has 1 aromatic rings. The largest absolute Gasteiger partial charge is 0.503 e. The lowest BCUT2D eigenvalue weighted by molar-refractivity contribution is -0.117. The number of benzene rings is 1. The van der Waals surface area contributed by atoms with Gasteiger partial charge in [0.1, 0.15) is 0 Å². The van der Waals surface area contributed by atoms with Crippen LogP contribution in [0, 0.1) is 5.82 Å². The zero-order valence-electron chi connectivity index (χ0n) is 8.64. The van der Waals surface area contributed by atoms with Gasteiger partial charge in [0, 0.05) is 4.47 Å². The van der Waals surface area contributed by atoms with Gasteiger partial charge < -0.3 is 10.4 Å². The number of rotatable bonds is 2. The van der Waals surface area contributed by atoms with Gasteiger partial charge in [-0.3, -0.25) is 4.79 Å². The molecule has 0 saturated heterocycles. The smallest absolute Gasteiger partial charge is 0.240 e. The van der Waals surface area contributed by atoms with Crippen LogP contribution in [0.3, 0.4) is 0 Å². The molecule has 2 N–H and O–H groups in total. The number of halogens is 3. The summed E-state index contributed by atoms with van der Waals surface area (Å²) in [5.41, 5.74) is 0.0319. The maximum absolute atomic E-state index is 13.1. The van der Waals surface area contributed by atoms with Crippen molar-refractivity contribution in [2.45, 2.75) is 18.2 Å². The van der Waals surface area contributed by atoms with E-state index in [2.05, 4.69) is 37.2 Å². The lowest BCUT2D eigenvalue weighted by atomic mass is 10.2. The summed E-state index contributed by atoms with van der Waals surface area (Å²) in [7, 11) is 0. The van der Waals surface area contributed by atoms with Crippen molar-refractivity contribution in [3.63, 3.8) is 0 Å². The number of hydrogen-bond donors (Lipinski definition) is 2. The summed E-state index contributed by atoms with van der Waals surface area (Å²) < 4.78 is 12.8. The molecule has 16 heavy (non-hydrogen) atoms. The fourth-order valence-corrected chi connectivity index (χ4v) is 1.46. The van der Waals surface area contributed by atoms with Crippen molar-refractivity contribution in [3.8, 4) is 5.75 Å². The van der Waals surface area contributed by atoms with Crippen molar-refractivity contribution in [2.24, 2.45) is 0 Å². The first-order valence-electron chi connectivity index (χ1n) is 4.40. The maximum Gasteiger partial charge on any atom is 0.240 e. The first-order chi connectivity index (χ1) is 7.21. The molecule has 0 atom stereocenters. The third-order valence-electron chi connectivity index (χ3n) is 1.82. The molecule has 0 aliphatic carbocycles. The number of hydrogen-bond acceptors (Lipinski definition) is 2. The summed E-state index contributed by atoms with van der Waals surface area (Å²) in [5.74, 6) is -1.74. The van der Waals surface area contributed by atoms with Crippen molar-refractivity contribution >= 4 is 43.5 Å². The molecule has 6 heteroatoms. The number of alkyl halides is 1. The molecule has 0 aliphatic heterocycles. The quantitative estimate of drug-likeness (QED) is 0.631. The topological polar surface area (TPSA) is 49.3 Å². The summed E-state index contributed by atoms with van der Waals surface area (Å²) in [5, 5.41) is 11.8. The molecular formula is C10H10Br2FNO2. The van der Waals surface area contributed by atoms with E-state index < -0.39 is 15.9 Å². The lowest BCUT2D eigenvalue weighted by Gasteiger charge is -2.16. The zero-order valence-corrected chi connectivity index (χ0v) is 11.8. The molecule has 3 nitrogen and oxygen atoms in total. The highest BCUT2D eigenvalue weighted by Gasteiger charge is 2.25. The van der Waals surface area contributed by atoms with Gasteiger partial charge in [0.2, 0.25) is 5.91 Å². The van der Waals surface area contributed by atoms with Crippen LogP contribution in [-0.4, -0.2) is 15.3 Å². The van der Waals surface area contributed by atoms with E-state index in [4.69, 9.17) is 0 Å². The Kier molecular flexibility index (Phi) is 3.96. The van der Waals surface area contributed by atoms with Crippen LogP contribution in [-0.2, 0) is 4.79 Å². The van der Waals surface area contributed by atoms with Crippen molar-refractivity contribution in [2.75, 3.05) is 5.32 Å². The van der Waals surface area contributed by atoms with E-state index in [0.29, 0.717) is 4.47 Å². The van der Waals surface area contributed by atoms with E-state index >= 15 is 0 Å². The first kappa shape index (κ1) is 13.4. The summed E-state index contributed by atoms with van der Waals surface area (Å²) in [6, 6.07) is 2.54. The van der Waals surface area contributed by atoms with Gasteiger partial charge in [-0.25, -0.2) is 4.39 Å². The Balaban J connectivity index is 3.03. The Labute approximate surface area is 109 Å². The summed E-state index contributed by atoms with van der Waals surface area (Å²) in [6.07, 6.45) is 0. The number of anilines is 1. The summed E-state index contributed by atoms with van der Waals surface area (Å²) >= 11 is 6.24. The highest BCUT2D eigenvalue weighted by atomic mass is 79.9. The molecular weight excluding hydrogens is 345 g/mol. The van der Waals surface area contributed by atoms with Gasteiger partial charge in [-0.2, -0.15) is 0 Å². The number of carbonyl (C=O) groups is 1. The fraction of sp³-hybridized carbons (Fsp3) is 0.300. The molecule has 0 fully saturated rings. The normalized spacial score (nSPS) is 11.3. The number of aromatic hydroxyl groups is 1. The Morgan fingerprint density at radius 2 is 2.06 bits per heavy atom. The molecule has 1 rings (SSSR count). The van der Waals surface area contributed by atoms with Gasteiger partial charge in [0.15, 0.2) is 11.6 Å². The molecule has 1 aromatic carbocycles. The fourth-order valence-electron chi connectivity index (χ4n) is 0.932. The number of phenols is 1. The summed E-state index contributed by atoms with van der Waals surface area (Å²) in [6.45, 7) is 3.29. The minimum atomic E-state index is -0.794. The minimum Gasteiger partial charge on any atom is -0.503 e. The zero-order chi connectivity index (χ0) is 12.5. The SMILES string of the molecule is CC(C)(Br)C(=O)Nc1cc(Br)cc(F)c1O. The second kappa shape index (κ2) is 4.71. The number of phenolic OH excluding ortho intramolecular Hbond substituents is 1. The van der Waals surface area contributed by atoms with Crippen molar-refractivity contribution in [1.82, 2.24) is 0 Å². The molecule has 0 aliphatic rings. The molecule has 0 heterocycles. The van der Waals surface area contributed by atoms with Gasteiger partial charge in [0.05, 0.1) is 10.0 Å². The van der Waals surface area contributed by atoms with Crippen LogP contribution in [0.4, 0.5) is 10.1 Å².